The Morgan fingerprint density at radius 3 is 2.57 bits per heavy atom. The summed E-state index contributed by atoms with van der Waals surface area (Å²) in [5, 5.41) is 8.77. The van der Waals surface area contributed by atoms with E-state index in [1.807, 2.05) is 31.2 Å². The number of benzene rings is 1. The molecule has 1 heterocycles. The van der Waals surface area contributed by atoms with Crippen molar-refractivity contribution in [1.29, 1.82) is 0 Å². The molecule has 2 amide bonds. The minimum atomic E-state index is -0.114. The molecule has 21 heavy (non-hydrogen) atoms. The summed E-state index contributed by atoms with van der Waals surface area (Å²) >= 11 is 0. The van der Waals surface area contributed by atoms with Gasteiger partial charge in [-0.15, -0.1) is 0 Å². The van der Waals surface area contributed by atoms with Gasteiger partial charge >= 0.3 is 0 Å². The Balaban J connectivity index is 2.18. The lowest BCUT2D eigenvalue weighted by Crippen LogP contribution is -2.42. The molecule has 1 saturated heterocycles. The quantitative estimate of drug-likeness (QED) is 0.679. The first-order valence-electron chi connectivity index (χ1n) is 7.12. The van der Waals surface area contributed by atoms with Crippen LogP contribution >= 0.6 is 0 Å². The summed E-state index contributed by atoms with van der Waals surface area (Å²) in [5.74, 6) is 5.75. The van der Waals surface area contributed by atoms with Gasteiger partial charge < -0.3 is 5.11 Å². The molecule has 1 N–H and O–H groups in total. The van der Waals surface area contributed by atoms with Crippen molar-refractivity contribution < 1.29 is 14.7 Å². The second kappa shape index (κ2) is 7.05. The van der Waals surface area contributed by atoms with Crippen LogP contribution in [0.4, 0.5) is 0 Å². The third kappa shape index (κ3) is 3.93. The van der Waals surface area contributed by atoms with Gasteiger partial charge in [-0.2, -0.15) is 0 Å². The number of rotatable bonds is 3. The lowest BCUT2D eigenvalue weighted by Gasteiger charge is -2.28. The maximum atomic E-state index is 12.0. The Hall–Kier alpha value is -2.12. The maximum absolute atomic E-state index is 12.0. The molecule has 0 aromatic heterocycles. The van der Waals surface area contributed by atoms with E-state index in [1.54, 1.807) is 0 Å². The molecule has 1 aromatic carbocycles. The molecule has 1 aliphatic heterocycles. The summed E-state index contributed by atoms with van der Waals surface area (Å²) < 4.78 is 0. The predicted octanol–water partition coefficient (Wildman–Crippen LogP) is 1.71. The van der Waals surface area contributed by atoms with E-state index in [4.69, 9.17) is 5.11 Å². The van der Waals surface area contributed by atoms with Crippen molar-refractivity contribution in [3.63, 3.8) is 0 Å². The molecule has 110 valence electrons. The molecule has 2 rings (SSSR count). The van der Waals surface area contributed by atoms with Crippen LogP contribution in [0.3, 0.4) is 0 Å². The minimum Gasteiger partial charge on any atom is -0.395 e. The number of nitrogens with zero attached hydrogens (tertiary/aromatic N) is 1. The number of piperidine rings is 1. The fourth-order valence-corrected chi connectivity index (χ4v) is 2.37. The van der Waals surface area contributed by atoms with E-state index < -0.39 is 0 Å². The van der Waals surface area contributed by atoms with Crippen molar-refractivity contribution in [2.45, 2.75) is 32.7 Å². The third-order valence-corrected chi connectivity index (χ3v) is 3.45. The molecule has 0 aliphatic carbocycles. The van der Waals surface area contributed by atoms with E-state index in [0.29, 0.717) is 19.3 Å². The van der Waals surface area contributed by atoms with Crippen LogP contribution in [-0.4, -0.2) is 28.4 Å². The number of aliphatic hydroxyl groups is 1. The monoisotopic (exact) mass is 285 g/mol. The average Bonchev–Trinajstić information content (AvgIpc) is 2.44. The number of likely N-dealkylation sites (tertiary alicyclic amines) is 1. The lowest BCUT2D eigenvalue weighted by atomic mass is 9.97. The van der Waals surface area contributed by atoms with Crippen molar-refractivity contribution in [3.8, 4) is 11.8 Å². The number of hydrogen-bond donors (Lipinski definition) is 1. The Labute approximate surface area is 124 Å². The van der Waals surface area contributed by atoms with Crippen LogP contribution in [0, 0.1) is 17.8 Å². The zero-order chi connectivity index (χ0) is 15.2. The van der Waals surface area contributed by atoms with Gasteiger partial charge in [0, 0.05) is 24.8 Å². The molecule has 0 radical (unpaired) electrons. The third-order valence-electron chi connectivity index (χ3n) is 3.45. The van der Waals surface area contributed by atoms with Gasteiger partial charge in [-0.25, -0.2) is 0 Å². The molecule has 0 unspecified atom stereocenters. The second-order valence-corrected chi connectivity index (χ2v) is 5.32. The van der Waals surface area contributed by atoms with Crippen molar-refractivity contribution >= 4 is 11.8 Å². The minimum absolute atomic E-state index is 0.0240. The molecular formula is C17H19NO3. The number of amides is 2. The van der Waals surface area contributed by atoms with Crippen LogP contribution in [0.15, 0.2) is 24.3 Å². The van der Waals surface area contributed by atoms with Gasteiger partial charge in [0.1, 0.15) is 0 Å². The molecule has 1 aromatic rings. The molecule has 1 aliphatic rings. The largest absolute Gasteiger partial charge is 0.395 e. The highest BCUT2D eigenvalue weighted by Crippen LogP contribution is 2.21. The van der Waals surface area contributed by atoms with E-state index in [9.17, 15) is 9.59 Å². The van der Waals surface area contributed by atoms with Crippen LogP contribution in [0.2, 0.25) is 0 Å². The zero-order valence-corrected chi connectivity index (χ0v) is 12.1. The van der Waals surface area contributed by atoms with Crippen molar-refractivity contribution in [3.05, 3.63) is 35.4 Å². The molecule has 1 fully saturated rings. The normalized spacial score (nSPS) is 15.8. The van der Waals surface area contributed by atoms with Crippen molar-refractivity contribution in [2.75, 3.05) is 6.61 Å². The Kier molecular flexibility index (Phi) is 5.13. The summed E-state index contributed by atoms with van der Waals surface area (Å²) in [7, 11) is 0. The average molecular weight is 285 g/mol. The maximum Gasteiger partial charge on any atom is 0.229 e. The van der Waals surface area contributed by atoms with Crippen LogP contribution in [0.5, 0.6) is 0 Å². The van der Waals surface area contributed by atoms with Crippen LogP contribution < -0.4 is 0 Å². The fraction of sp³-hybridized carbons (Fsp3) is 0.412. The molecular weight excluding hydrogens is 266 g/mol. The number of carbonyl (C=O) groups excluding carboxylic acids is 2. The first kappa shape index (κ1) is 15.3. The fourth-order valence-electron chi connectivity index (χ4n) is 2.37. The molecule has 4 heteroatoms. The topological polar surface area (TPSA) is 57.6 Å². The molecule has 0 spiro atoms. The van der Waals surface area contributed by atoms with E-state index in [-0.39, 0.29) is 30.9 Å². The van der Waals surface area contributed by atoms with E-state index in [1.165, 1.54) is 4.90 Å². The predicted molar refractivity (Wildman–Crippen MR) is 79.0 cm³/mol. The van der Waals surface area contributed by atoms with Crippen molar-refractivity contribution in [2.24, 2.45) is 5.92 Å². The van der Waals surface area contributed by atoms with Crippen LogP contribution in [0.25, 0.3) is 0 Å². The Bertz CT molecular complexity index is 580. The summed E-state index contributed by atoms with van der Waals surface area (Å²) in [6.07, 6.45) is 1.25. The van der Waals surface area contributed by atoms with E-state index in [2.05, 4.69) is 11.8 Å². The molecule has 4 nitrogen and oxygen atoms in total. The van der Waals surface area contributed by atoms with E-state index in [0.717, 1.165) is 11.1 Å². The van der Waals surface area contributed by atoms with E-state index >= 15 is 0 Å². The number of hydrogen-bond acceptors (Lipinski definition) is 3. The van der Waals surface area contributed by atoms with Crippen LogP contribution in [0.1, 0.15) is 37.3 Å². The first-order chi connectivity index (χ1) is 10.1. The molecule has 0 atom stereocenters. The highest BCUT2D eigenvalue weighted by atomic mass is 16.2. The highest BCUT2D eigenvalue weighted by molar-refractivity contribution is 5.97. The number of imide groups is 1. The lowest BCUT2D eigenvalue weighted by molar-refractivity contribution is -0.150. The van der Waals surface area contributed by atoms with Crippen molar-refractivity contribution in [1.82, 2.24) is 4.90 Å². The first-order valence-corrected chi connectivity index (χ1v) is 7.12. The van der Waals surface area contributed by atoms with Gasteiger partial charge in [0.25, 0.3) is 0 Å². The summed E-state index contributed by atoms with van der Waals surface area (Å²) in [6.45, 7) is 2.21. The Morgan fingerprint density at radius 2 is 1.90 bits per heavy atom. The smallest absolute Gasteiger partial charge is 0.229 e. The van der Waals surface area contributed by atoms with Gasteiger partial charge in [-0.1, -0.05) is 37.0 Å². The molecule has 0 bridgehead atoms. The second-order valence-electron chi connectivity index (χ2n) is 5.32. The SMILES string of the molecule is CC1CC(=O)N(Cc2ccccc2C#CCCO)C(=O)C1. The van der Waals surface area contributed by atoms with Crippen LogP contribution in [-0.2, 0) is 16.1 Å². The van der Waals surface area contributed by atoms with Gasteiger partial charge in [-0.3, -0.25) is 14.5 Å². The number of carbonyl (C=O) groups is 2. The molecule has 0 saturated carbocycles. The Morgan fingerprint density at radius 1 is 1.24 bits per heavy atom. The summed E-state index contributed by atoms with van der Waals surface area (Å²) in [5.41, 5.74) is 1.66. The summed E-state index contributed by atoms with van der Waals surface area (Å²) in [6, 6.07) is 7.48. The highest BCUT2D eigenvalue weighted by Gasteiger charge is 2.30. The van der Waals surface area contributed by atoms with Gasteiger partial charge in [0.05, 0.1) is 13.2 Å². The standard InChI is InChI=1S/C17H19NO3/c1-13-10-16(20)18(17(21)11-13)12-15-8-3-2-6-14(15)7-4-5-9-19/h2-3,6,8,13,19H,5,9-12H2,1H3. The van der Waals surface area contributed by atoms with Gasteiger partial charge in [-0.05, 0) is 17.5 Å². The number of aliphatic hydroxyl groups excluding tert-OH is 1. The van der Waals surface area contributed by atoms with Gasteiger partial charge in [0.15, 0.2) is 0 Å². The van der Waals surface area contributed by atoms with Gasteiger partial charge in [0.2, 0.25) is 11.8 Å². The zero-order valence-electron chi connectivity index (χ0n) is 12.1. The summed E-state index contributed by atoms with van der Waals surface area (Å²) in [4.78, 5) is 25.4.